The molecular weight excluding hydrogens is 765 g/mol. The highest BCUT2D eigenvalue weighted by Crippen LogP contribution is 2.51. The Hall–Kier alpha value is -8.40. The van der Waals surface area contributed by atoms with Gasteiger partial charge in [0.15, 0.2) is 0 Å². The van der Waals surface area contributed by atoms with E-state index in [1.54, 1.807) is 0 Å². The number of hydrogen-bond acceptors (Lipinski definition) is 3. The second-order valence-electron chi connectivity index (χ2n) is 13.6. The number of aromatic nitrogens is 2. The monoisotopic (exact) mass is 837 g/mol. The Morgan fingerprint density at radius 3 is 1.67 bits per heavy atom. The third kappa shape index (κ3) is 5.60. The predicted octanol–water partition coefficient (Wildman–Crippen LogP) is 16.4. The predicted molar refractivity (Wildman–Crippen MR) is 263 cm³/mol. The molecule has 0 saturated carbocycles. The van der Waals surface area contributed by atoms with Crippen LogP contribution in [0.4, 0.5) is 0 Å². The zero-order valence-corrected chi connectivity index (χ0v) is 31.3. The first-order valence-corrected chi connectivity index (χ1v) is 18.6. The van der Waals surface area contributed by atoms with E-state index in [0.29, 0.717) is 0 Å². The van der Waals surface area contributed by atoms with Gasteiger partial charge in [0.25, 0.3) is 0 Å². The third-order valence-corrected chi connectivity index (χ3v) is 10.2. The van der Waals surface area contributed by atoms with E-state index in [-0.39, 0.29) is 0 Å². The summed E-state index contributed by atoms with van der Waals surface area (Å²) in [5.74, 6) is -2.33. The van der Waals surface area contributed by atoms with Gasteiger partial charge in [0, 0.05) is 44.8 Å². The van der Waals surface area contributed by atoms with Gasteiger partial charge in [-0.3, -0.25) is 4.98 Å². The minimum atomic E-state index is -1.33. The summed E-state index contributed by atoms with van der Waals surface area (Å²) in [6.07, 6.45) is -0.833. The zero-order valence-electron chi connectivity index (χ0n) is 67.3. The summed E-state index contributed by atoms with van der Waals surface area (Å²) in [6, 6.07) is -36.8. The molecule has 0 fully saturated rings. The van der Waals surface area contributed by atoms with Crippen LogP contribution in [0.2, 0.25) is 0 Å². The molecule has 0 N–H and O–H groups in total. The van der Waals surface area contributed by atoms with Gasteiger partial charge in [-0.05, 0) is 89.5 Å². The van der Waals surface area contributed by atoms with Gasteiger partial charge in [-0.15, -0.1) is 0 Å². The first kappa shape index (κ1) is 14.9. The van der Waals surface area contributed by atoms with Crippen molar-refractivity contribution in [3.8, 4) is 67.3 Å². The molecule has 3 heteroatoms. The quantitative estimate of drug-likeness (QED) is 0.157. The van der Waals surface area contributed by atoms with Crippen LogP contribution in [0.1, 0.15) is 49.3 Å². The Bertz CT molecular complexity index is 5980. The lowest BCUT2D eigenvalue weighted by Crippen LogP contribution is -1.91. The van der Waals surface area contributed by atoms with E-state index in [4.69, 9.17) is 27.7 Å². The van der Waals surface area contributed by atoms with E-state index < -0.39 is 350 Å². The van der Waals surface area contributed by atoms with Crippen LogP contribution in [0.5, 0.6) is 0 Å². The molecule has 3 nitrogen and oxygen atoms in total. The van der Waals surface area contributed by atoms with Crippen molar-refractivity contribution >= 4 is 64.9 Å². The average molecular weight is 837 g/mol. The number of rotatable bonds is 6. The van der Waals surface area contributed by atoms with Crippen LogP contribution < -0.4 is 0 Å². The van der Waals surface area contributed by atoms with E-state index in [1.165, 1.54) is 0 Å². The summed E-state index contributed by atoms with van der Waals surface area (Å²) >= 11 is 0. The molecule has 0 aliphatic heterocycles. The summed E-state index contributed by atoms with van der Waals surface area (Å²) in [7, 11) is 0. The summed E-state index contributed by atoms with van der Waals surface area (Å²) in [4.78, 5) is 8.49. The minimum Gasteiger partial charge on any atom is -0.455 e. The van der Waals surface area contributed by atoms with Gasteiger partial charge >= 0.3 is 0 Å². The first-order chi connectivity index (χ1) is 46.2. The standard InChI is InChI=1S/C60H36N2O/c1-3-12-37(13-4-1)55-56(38-14-5-2-6-15-38)60(51-31-28-41-24-23-39-16-9-17-40-27-30-50(51)54(41)53(39)40)63-59(55)45-19-10-18-44(36-45)46-32-33-49(48-22-8-7-21-47(46)48)52-34-29-43-26-25-42-20-11-35-61-57(42)58(43)62-52/h1-36H/i1D,2D,3D,4D,5D,6D,7D,8D,9D,10D,11D,12D,13D,14D,15D,16D,17D,18D,19D,20D,21D,22D,23D,24D,25D,26D,27D,28D,29D,30D,31D,32D,33D,34D,35D,36D. The minimum absolute atomic E-state index is 0.447. The molecule has 0 aliphatic carbocycles. The topological polar surface area (TPSA) is 38.9 Å². The van der Waals surface area contributed by atoms with E-state index in [1.807, 2.05) is 0 Å². The fourth-order valence-corrected chi connectivity index (χ4v) is 7.56. The van der Waals surface area contributed by atoms with Crippen LogP contribution in [-0.2, 0) is 0 Å². The zero-order chi connectivity index (χ0) is 72.8. The number of pyridine rings is 2. The molecule has 3 aromatic heterocycles. The van der Waals surface area contributed by atoms with E-state index in [9.17, 15) is 26.0 Å². The Morgan fingerprint density at radius 1 is 0.349 bits per heavy atom. The van der Waals surface area contributed by atoms with Gasteiger partial charge in [0.05, 0.1) is 66.1 Å². The molecule has 0 atom stereocenters. The van der Waals surface area contributed by atoms with Crippen molar-refractivity contribution in [2.24, 2.45) is 0 Å². The second kappa shape index (κ2) is 14.1. The van der Waals surface area contributed by atoms with Crippen LogP contribution in [-0.4, -0.2) is 9.97 Å². The number of benzene rings is 10. The van der Waals surface area contributed by atoms with Crippen LogP contribution in [0.25, 0.3) is 132 Å². The molecule has 0 amide bonds. The van der Waals surface area contributed by atoms with E-state index in [0.717, 1.165) is 0 Å². The highest BCUT2D eigenvalue weighted by molar-refractivity contribution is 6.26. The Labute approximate surface area is 414 Å². The Kier molecular flexibility index (Phi) is 3.33. The van der Waals surface area contributed by atoms with Crippen molar-refractivity contribution in [1.82, 2.24) is 9.97 Å². The van der Waals surface area contributed by atoms with Gasteiger partial charge in [-0.1, -0.05) is 187 Å². The molecule has 13 aromatic rings. The van der Waals surface area contributed by atoms with Crippen molar-refractivity contribution in [2.45, 2.75) is 0 Å². The maximum atomic E-state index is 10.3. The highest BCUT2D eigenvalue weighted by Gasteiger charge is 2.27. The molecule has 0 spiro atoms. The maximum Gasteiger partial charge on any atom is 0.143 e. The largest absolute Gasteiger partial charge is 0.455 e. The molecule has 10 aromatic carbocycles. The van der Waals surface area contributed by atoms with Crippen molar-refractivity contribution in [3.05, 3.63) is 218 Å². The van der Waals surface area contributed by atoms with Crippen LogP contribution in [0.15, 0.2) is 222 Å². The normalized spacial score (nSPS) is 19.8. The van der Waals surface area contributed by atoms with Gasteiger partial charge < -0.3 is 4.42 Å². The lowest BCUT2D eigenvalue weighted by Gasteiger charge is -2.14. The summed E-state index contributed by atoms with van der Waals surface area (Å²) in [6.45, 7) is 0. The van der Waals surface area contributed by atoms with Crippen LogP contribution in [0.3, 0.4) is 0 Å². The van der Waals surface area contributed by atoms with Gasteiger partial charge in [0.1, 0.15) is 11.5 Å². The van der Waals surface area contributed by atoms with Crippen molar-refractivity contribution < 1.29 is 53.8 Å². The smallest absolute Gasteiger partial charge is 0.143 e. The van der Waals surface area contributed by atoms with E-state index in [2.05, 4.69) is 9.97 Å². The summed E-state index contributed by atoms with van der Waals surface area (Å²) in [5, 5.41) is -6.26. The van der Waals surface area contributed by atoms with Crippen LogP contribution >= 0.6 is 0 Å². The molecule has 0 radical (unpaired) electrons. The SMILES string of the molecule is [2H]c1nc2c(c([2H])c1[2H])c([2H])c([2H])c1c([2H])c([2H])c(-c3c([2H])c([2H])c(-c4c([2H])c([2H])c([2H])c(-c5oc(-c6c([2H])c([2H])c7c([2H])c([2H])c8c([2H])c([2H])c([2H])c9c([2H])c([2H])c6c7c89)c(-c6c([2H])c([2H])c([2H])c([2H])c6[2H])c5-c5c([2H])c([2H])c([2H])c([2H])c5[2H])c4[2H])c4c([2H])c([2H])c([2H])c([2H])c34)nc12. The van der Waals surface area contributed by atoms with Crippen molar-refractivity contribution in [2.75, 3.05) is 0 Å². The van der Waals surface area contributed by atoms with Crippen molar-refractivity contribution in [1.29, 1.82) is 0 Å². The molecule has 0 bridgehead atoms. The van der Waals surface area contributed by atoms with Crippen molar-refractivity contribution in [3.63, 3.8) is 0 Å². The Balaban J connectivity index is 1.27. The molecule has 13 rings (SSSR count). The third-order valence-electron chi connectivity index (χ3n) is 10.2. The molecular formula is C60H36N2O. The second-order valence-corrected chi connectivity index (χ2v) is 13.6. The highest BCUT2D eigenvalue weighted by atomic mass is 16.3. The summed E-state index contributed by atoms with van der Waals surface area (Å²) < 4.78 is 338. The number of fused-ring (bicyclic) bond motifs is 4. The molecule has 0 aliphatic rings. The molecule has 0 saturated heterocycles. The lowest BCUT2D eigenvalue weighted by atomic mass is 9.88. The Morgan fingerprint density at radius 2 is 0.889 bits per heavy atom. The molecule has 63 heavy (non-hydrogen) atoms. The fraction of sp³-hybridized carbons (Fsp3) is 0. The molecule has 0 unspecified atom stereocenters. The average Bonchev–Trinajstić information content (AvgIpc) is 1.44. The molecule has 3 heterocycles. The van der Waals surface area contributed by atoms with E-state index >= 15 is 0 Å². The molecule has 292 valence electrons. The summed E-state index contributed by atoms with van der Waals surface area (Å²) in [5.41, 5.74) is -11.2. The number of nitrogens with zero attached hydrogens (tertiary/aromatic N) is 2. The maximum absolute atomic E-state index is 10.3. The van der Waals surface area contributed by atoms with Gasteiger partial charge in [0.2, 0.25) is 0 Å². The number of furan rings is 1. The van der Waals surface area contributed by atoms with Crippen LogP contribution in [0, 0.1) is 0 Å². The lowest BCUT2D eigenvalue weighted by molar-refractivity contribution is 0.599. The van der Waals surface area contributed by atoms with Gasteiger partial charge in [-0.25, -0.2) is 4.98 Å². The van der Waals surface area contributed by atoms with Gasteiger partial charge in [-0.2, -0.15) is 0 Å². The fourth-order valence-electron chi connectivity index (χ4n) is 7.56. The number of hydrogen-bond donors (Lipinski definition) is 0. The first-order valence-electron chi connectivity index (χ1n) is 36.6.